The number of rotatable bonds is 5. The molecule has 1 aliphatic rings. The maximum atomic E-state index is 8.03. The Morgan fingerprint density at radius 1 is 1.17 bits per heavy atom. The molecule has 1 aromatic rings. The molecule has 1 N–H and O–H groups in total. The maximum absolute atomic E-state index is 8.03. The van der Waals surface area contributed by atoms with E-state index in [1.807, 2.05) is 0 Å². The summed E-state index contributed by atoms with van der Waals surface area (Å²) in [4.78, 5) is 1.23. The summed E-state index contributed by atoms with van der Waals surface area (Å²) >= 11 is 1.61. The van der Waals surface area contributed by atoms with E-state index in [9.17, 15) is 0 Å². The van der Waals surface area contributed by atoms with E-state index in [0.29, 0.717) is 0 Å². The molecule has 2 heteroatoms. The molecule has 0 aromatic heterocycles. The van der Waals surface area contributed by atoms with Gasteiger partial charge in [-0.1, -0.05) is 67.8 Å². The third kappa shape index (κ3) is 3.74. The zero-order valence-corrected chi connectivity index (χ0v) is 11.9. The van der Waals surface area contributed by atoms with Crippen LogP contribution in [0.1, 0.15) is 51.0 Å². The molecule has 1 aliphatic heterocycles. The Morgan fingerprint density at radius 2 is 2.00 bits per heavy atom. The fourth-order valence-corrected chi connectivity index (χ4v) is 3.19. The molecule has 18 heavy (non-hydrogen) atoms. The van der Waals surface area contributed by atoms with Crippen LogP contribution >= 0.6 is 11.8 Å². The number of thioether (sulfide) groups is 1. The number of unbranched alkanes of at least 4 members (excludes halogenated alkanes) is 3. The largest absolute Gasteiger partial charge is 0.298 e. The first-order chi connectivity index (χ1) is 8.79. The average Bonchev–Trinajstić information content (AvgIpc) is 2.52. The van der Waals surface area contributed by atoms with Gasteiger partial charge in [-0.05, 0) is 24.5 Å². The van der Waals surface area contributed by atoms with Crippen molar-refractivity contribution in [2.45, 2.75) is 50.3 Å². The highest BCUT2D eigenvalue weighted by molar-refractivity contribution is 8.13. The fourth-order valence-electron chi connectivity index (χ4n) is 2.28. The Hall–Kier alpha value is -1.02. The molecule has 0 radical (unpaired) electrons. The fraction of sp³-hybridized carbons (Fsp3) is 0.438. The highest BCUT2D eigenvalue weighted by atomic mass is 32.2. The zero-order chi connectivity index (χ0) is 12.8. The van der Waals surface area contributed by atoms with Crippen molar-refractivity contribution in [3.8, 4) is 0 Å². The van der Waals surface area contributed by atoms with Gasteiger partial charge in [0.25, 0.3) is 0 Å². The predicted octanol–water partition coefficient (Wildman–Crippen LogP) is 5.51. The molecule has 0 amide bonds. The van der Waals surface area contributed by atoms with Gasteiger partial charge < -0.3 is 0 Å². The van der Waals surface area contributed by atoms with Crippen LogP contribution < -0.4 is 0 Å². The van der Waals surface area contributed by atoms with E-state index < -0.39 is 0 Å². The molecule has 0 bridgehead atoms. The van der Waals surface area contributed by atoms with Gasteiger partial charge in [-0.25, -0.2) is 0 Å². The van der Waals surface area contributed by atoms with Crippen LogP contribution in [-0.2, 0) is 0 Å². The normalized spacial score (nSPS) is 14.9. The molecule has 0 saturated carbocycles. The second-order valence-corrected chi connectivity index (χ2v) is 5.99. The lowest BCUT2D eigenvalue weighted by Crippen LogP contribution is -1.92. The molecule has 0 aliphatic carbocycles. The molecule has 1 aromatic carbocycles. The summed E-state index contributed by atoms with van der Waals surface area (Å²) in [5.41, 5.74) is 2.71. The van der Waals surface area contributed by atoms with Crippen LogP contribution in [0.4, 0.5) is 0 Å². The predicted molar refractivity (Wildman–Crippen MR) is 81.4 cm³/mol. The van der Waals surface area contributed by atoms with Crippen LogP contribution in [0, 0.1) is 5.41 Å². The third-order valence-electron chi connectivity index (χ3n) is 3.25. The topological polar surface area (TPSA) is 23.9 Å². The van der Waals surface area contributed by atoms with Gasteiger partial charge in [-0.15, -0.1) is 0 Å². The highest BCUT2D eigenvalue weighted by Gasteiger charge is 2.12. The van der Waals surface area contributed by atoms with E-state index in [-0.39, 0.29) is 0 Å². The summed E-state index contributed by atoms with van der Waals surface area (Å²) in [6, 6.07) is 8.41. The summed E-state index contributed by atoms with van der Waals surface area (Å²) in [7, 11) is 0. The van der Waals surface area contributed by atoms with Crippen molar-refractivity contribution in [3.05, 3.63) is 35.4 Å². The van der Waals surface area contributed by atoms with E-state index in [1.165, 1.54) is 41.7 Å². The molecule has 1 nitrogen and oxygen atoms in total. The number of hydrogen-bond donors (Lipinski definition) is 1. The number of benzene rings is 1. The lowest BCUT2D eigenvalue weighted by atomic mass is 10.0. The maximum Gasteiger partial charge on any atom is 0.0729 e. The first-order valence-corrected chi connectivity index (χ1v) is 7.65. The Bertz CT molecular complexity index is 448. The molecule has 0 fully saturated rings. The van der Waals surface area contributed by atoms with Crippen LogP contribution in [0.3, 0.4) is 0 Å². The molecular weight excluding hydrogens is 238 g/mol. The SMILES string of the molecule is CCCCCCC1=Cc2ccccc2SC(=N)C1. The van der Waals surface area contributed by atoms with Gasteiger partial charge in [0.05, 0.1) is 5.04 Å². The lowest BCUT2D eigenvalue weighted by Gasteiger charge is -2.05. The van der Waals surface area contributed by atoms with Crippen molar-refractivity contribution in [1.82, 2.24) is 0 Å². The second kappa shape index (κ2) is 6.79. The zero-order valence-electron chi connectivity index (χ0n) is 11.0. The molecule has 2 rings (SSSR count). The first kappa shape index (κ1) is 13.4. The Kier molecular flexibility index (Phi) is 5.06. The third-order valence-corrected chi connectivity index (χ3v) is 4.23. The van der Waals surface area contributed by atoms with Crippen LogP contribution in [0.15, 0.2) is 34.7 Å². The van der Waals surface area contributed by atoms with E-state index >= 15 is 0 Å². The lowest BCUT2D eigenvalue weighted by molar-refractivity contribution is 0.663. The number of allylic oxidation sites excluding steroid dienone is 1. The number of fused-ring (bicyclic) bond motifs is 1. The van der Waals surface area contributed by atoms with Crippen molar-refractivity contribution < 1.29 is 0 Å². The van der Waals surface area contributed by atoms with Crippen molar-refractivity contribution >= 4 is 22.9 Å². The van der Waals surface area contributed by atoms with Crippen LogP contribution in [0.25, 0.3) is 6.08 Å². The summed E-state index contributed by atoms with van der Waals surface area (Å²) in [6.07, 6.45) is 9.48. The van der Waals surface area contributed by atoms with Gasteiger partial charge in [0.15, 0.2) is 0 Å². The van der Waals surface area contributed by atoms with E-state index in [2.05, 4.69) is 37.3 Å². The standard InChI is InChI=1S/C16H21NS/c1-2-3-4-5-8-13-11-14-9-6-7-10-15(14)18-16(17)12-13/h6-7,9-11,17H,2-5,8,12H2,1H3. The van der Waals surface area contributed by atoms with E-state index in [0.717, 1.165) is 17.9 Å². The van der Waals surface area contributed by atoms with Crippen LogP contribution in [0.2, 0.25) is 0 Å². The molecule has 0 unspecified atom stereocenters. The number of hydrogen-bond acceptors (Lipinski definition) is 2. The van der Waals surface area contributed by atoms with E-state index in [4.69, 9.17) is 5.41 Å². The molecule has 96 valence electrons. The van der Waals surface area contributed by atoms with Gasteiger partial charge in [-0.2, -0.15) is 0 Å². The minimum absolute atomic E-state index is 0.779. The second-order valence-electron chi connectivity index (χ2n) is 4.85. The van der Waals surface area contributed by atoms with Crippen molar-refractivity contribution in [3.63, 3.8) is 0 Å². The Morgan fingerprint density at radius 3 is 2.83 bits per heavy atom. The summed E-state index contributed by atoms with van der Waals surface area (Å²) in [6.45, 7) is 2.24. The van der Waals surface area contributed by atoms with Crippen molar-refractivity contribution in [2.24, 2.45) is 0 Å². The van der Waals surface area contributed by atoms with Gasteiger partial charge in [0, 0.05) is 11.3 Å². The van der Waals surface area contributed by atoms with Crippen molar-refractivity contribution in [1.29, 1.82) is 5.41 Å². The number of nitrogens with one attached hydrogen (secondary N) is 1. The van der Waals surface area contributed by atoms with Crippen LogP contribution in [-0.4, -0.2) is 5.04 Å². The molecule has 1 heterocycles. The molecule has 0 saturated heterocycles. The summed E-state index contributed by atoms with van der Waals surface area (Å²) in [5.74, 6) is 0. The average molecular weight is 259 g/mol. The first-order valence-electron chi connectivity index (χ1n) is 6.83. The summed E-state index contributed by atoms with van der Waals surface area (Å²) in [5, 5.41) is 8.81. The Balaban J connectivity index is 2.06. The van der Waals surface area contributed by atoms with Crippen LogP contribution in [0.5, 0.6) is 0 Å². The molecular formula is C16H21NS. The quantitative estimate of drug-likeness (QED) is 0.692. The van der Waals surface area contributed by atoms with Gasteiger partial charge in [0.1, 0.15) is 0 Å². The smallest absolute Gasteiger partial charge is 0.0729 e. The monoisotopic (exact) mass is 259 g/mol. The summed E-state index contributed by atoms with van der Waals surface area (Å²) < 4.78 is 0. The van der Waals surface area contributed by atoms with Gasteiger partial charge >= 0.3 is 0 Å². The highest BCUT2D eigenvalue weighted by Crippen LogP contribution is 2.33. The van der Waals surface area contributed by atoms with Gasteiger partial charge in [-0.3, -0.25) is 5.41 Å². The Labute approximate surface area is 114 Å². The van der Waals surface area contributed by atoms with E-state index in [1.54, 1.807) is 11.8 Å². The molecule has 0 atom stereocenters. The minimum Gasteiger partial charge on any atom is -0.298 e. The van der Waals surface area contributed by atoms with Gasteiger partial charge in [0.2, 0.25) is 0 Å². The van der Waals surface area contributed by atoms with Crippen molar-refractivity contribution in [2.75, 3.05) is 0 Å². The minimum atomic E-state index is 0.779. The molecule has 0 spiro atoms.